The quantitative estimate of drug-likeness (QED) is 0.232. The number of nitrogens with zero attached hydrogens (tertiary/aromatic N) is 4. The summed E-state index contributed by atoms with van der Waals surface area (Å²) in [5, 5.41) is 7.38. The number of ether oxygens (including phenoxy) is 2. The van der Waals surface area contributed by atoms with E-state index in [1.54, 1.807) is 6.92 Å². The Kier molecular flexibility index (Phi) is 7.76. The van der Waals surface area contributed by atoms with Crippen molar-refractivity contribution in [2.45, 2.75) is 13.5 Å². The van der Waals surface area contributed by atoms with Gasteiger partial charge < -0.3 is 19.1 Å². The van der Waals surface area contributed by atoms with E-state index in [-0.39, 0.29) is 12.2 Å². The molecule has 1 aromatic heterocycles. The SMILES string of the molecule is CO/C=C(/C(=O)OC)c1cncnc1CO/N=C(\C)C=NOC. The summed E-state index contributed by atoms with van der Waals surface area (Å²) in [5.41, 5.74) is 1.56. The molecule has 0 fully saturated rings. The van der Waals surface area contributed by atoms with E-state index in [4.69, 9.17) is 14.3 Å². The second-order valence-corrected chi connectivity index (χ2v) is 4.07. The Morgan fingerprint density at radius 3 is 2.78 bits per heavy atom. The van der Waals surface area contributed by atoms with Gasteiger partial charge in [-0.15, -0.1) is 0 Å². The minimum atomic E-state index is -0.574. The first-order chi connectivity index (χ1) is 11.1. The third kappa shape index (κ3) is 5.73. The maximum atomic E-state index is 11.8. The number of oxime groups is 2. The number of aromatic nitrogens is 2. The molecule has 1 aromatic rings. The molecule has 0 aliphatic rings. The highest BCUT2D eigenvalue weighted by Gasteiger charge is 2.18. The number of hydrogen-bond donors (Lipinski definition) is 0. The van der Waals surface area contributed by atoms with Gasteiger partial charge in [-0.05, 0) is 6.92 Å². The average molecular weight is 322 g/mol. The zero-order valence-corrected chi connectivity index (χ0v) is 13.3. The van der Waals surface area contributed by atoms with Crippen LogP contribution < -0.4 is 0 Å². The van der Waals surface area contributed by atoms with E-state index in [9.17, 15) is 4.79 Å². The summed E-state index contributed by atoms with van der Waals surface area (Å²) in [6.07, 6.45) is 5.46. The number of carbonyl (C=O) groups is 1. The Morgan fingerprint density at radius 2 is 2.13 bits per heavy atom. The predicted octanol–water partition coefficient (Wildman–Crippen LogP) is 1.16. The van der Waals surface area contributed by atoms with Crippen molar-refractivity contribution >= 4 is 23.5 Å². The van der Waals surface area contributed by atoms with Crippen LogP contribution in [0.3, 0.4) is 0 Å². The van der Waals surface area contributed by atoms with E-state index in [2.05, 4.69) is 25.1 Å². The summed E-state index contributed by atoms with van der Waals surface area (Å²) in [5.74, 6) is -0.574. The summed E-state index contributed by atoms with van der Waals surface area (Å²) in [4.78, 5) is 29.5. The van der Waals surface area contributed by atoms with Gasteiger partial charge in [-0.2, -0.15) is 0 Å². The molecule has 0 aromatic carbocycles. The average Bonchev–Trinajstić information content (AvgIpc) is 2.57. The molecule has 0 aliphatic heterocycles. The van der Waals surface area contributed by atoms with Crippen LogP contribution in [-0.4, -0.2) is 49.2 Å². The largest absolute Gasteiger partial charge is 0.503 e. The Balaban J connectivity index is 2.95. The van der Waals surface area contributed by atoms with E-state index < -0.39 is 5.97 Å². The Bertz CT molecular complexity index is 613. The van der Waals surface area contributed by atoms with Gasteiger partial charge in [0, 0.05) is 11.8 Å². The Morgan fingerprint density at radius 1 is 1.35 bits per heavy atom. The molecular formula is C14H18N4O5. The van der Waals surface area contributed by atoms with Crippen LogP contribution in [0, 0.1) is 0 Å². The fourth-order valence-electron chi connectivity index (χ4n) is 1.49. The molecule has 124 valence electrons. The number of esters is 1. The highest BCUT2D eigenvalue weighted by atomic mass is 16.6. The summed E-state index contributed by atoms with van der Waals surface area (Å²) in [6, 6.07) is 0. The van der Waals surface area contributed by atoms with Crippen LogP contribution in [0.4, 0.5) is 0 Å². The maximum Gasteiger partial charge on any atom is 0.341 e. The van der Waals surface area contributed by atoms with Gasteiger partial charge >= 0.3 is 5.97 Å². The lowest BCUT2D eigenvalue weighted by atomic mass is 10.1. The van der Waals surface area contributed by atoms with Crippen LogP contribution in [0.5, 0.6) is 0 Å². The predicted molar refractivity (Wildman–Crippen MR) is 82.4 cm³/mol. The van der Waals surface area contributed by atoms with Crippen LogP contribution >= 0.6 is 0 Å². The summed E-state index contributed by atoms with van der Waals surface area (Å²) >= 11 is 0. The summed E-state index contributed by atoms with van der Waals surface area (Å²) in [6.45, 7) is 1.71. The molecule has 9 nitrogen and oxygen atoms in total. The molecule has 9 heteroatoms. The molecular weight excluding hydrogens is 304 g/mol. The van der Waals surface area contributed by atoms with Crippen molar-refractivity contribution in [1.29, 1.82) is 0 Å². The highest BCUT2D eigenvalue weighted by molar-refractivity contribution is 6.29. The van der Waals surface area contributed by atoms with Gasteiger partial charge in [0.25, 0.3) is 0 Å². The van der Waals surface area contributed by atoms with E-state index in [1.807, 2.05) is 0 Å². The van der Waals surface area contributed by atoms with Crippen molar-refractivity contribution in [1.82, 2.24) is 9.97 Å². The van der Waals surface area contributed by atoms with Gasteiger partial charge in [0.15, 0.2) is 6.61 Å². The molecule has 0 saturated heterocycles. The summed E-state index contributed by atoms with van der Waals surface area (Å²) < 4.78 is 9.62. The van der Waals surface area contributed by atoms with Crippen molar-refractivity contribution in [3.8, 4) is 0 Å². The standard InChI is InChI=1S/C14H18N4O5/c1-10(5-17-22-4)18-23-8-13-11(6-15-9-16-13)12(7-20-2)14(19)21-3/h5-7,9H,8H2,1-4H3/b12-7+,17-5?,18-10+. The monoisotopic (exact) mass is 322 g/mol. The zero-order valence-electron chi connectivity index (χ0n) is 13.3. The van der Waals surface area contributed by atoms with Crippen molar-refractivity contribution in [3.63, 3.8) is 0 Å². The second kappa shape index (κ2) is 9.87. The smallest absolute Gasteiger partial charge is 0.341 e. The third-order valence-corrected chi connectivity index (χ3v) is 2.48. The van der Waals surface area contributed by atoms with Crippen LogP contribution in [0.2, 0.25) is 0 Å². The molecule has 1 heterocycles. The third-order valence-electron chi connectivity index (χ3n) is 2.48. The molecule has 0 amide bonds. The first-order valence-corrected chi connectivity index (χ1v) is 6.47. The molecule has 23 heavy (non-hydrogen) atoms. The van der Waals surface area contributed by atoms with Crippen LogP contribution in [0.15, 0.2) is 29.1 Å². The molecule has 0 atom stereocenters. The lowest BCUT2D eigenvalue weighted by molar-refractivity contribution is -0.133. The minimum Gasteiger partial charge on any atom is -0.503 e. The molecule has 0 radical (unpaired) electrons. The van der Waals surface area contributed by atoms with Crippen molar-refractivity contribution in [2.75, 3.05) is 21.3 Å². The molecule has 1 rings (SSSR count). The lowest BCUT2D eigenvalue weighted by Crippen LogP contribution is -2.09. The highest BCUT2D eigenvalue weighted by Crippen LogP contribution is 2.19. The fraction of sp³-hybridized carbons (Fsp3) is 0.357. The first kappa shape index (κ1) is 18.1. The van der Waals surface area contributed by atoms with Crippen molar-refractivity contribution in [2.24, 2.45) is 10.3 Å². The molecule has 0 bridgehead atoms. The van der Waals surface area contributed by atoms with Gasteiger partial charge in [0.1, 0.15) is 19.0 Å². The van der Waals surface area contributed by atoms with E-state index >= 15 is 0 Å². The Hall–Kier alpha value is -2.97. The van der Waals surface area contributed by atoms with Gasteiger partial charge in [-0.1, -0.05) is 10.3 Å². The van der Waals surface area contributed by atoms with Crippen molar-refractivity contribution in [3.05, 3.63) is 30.0 Å². The van der Waals surface area contributed by atoms with Crippen LogP contribution in [-0.2, 0) is 30.6 Å². The molecule has 0 saturated carbocycles. The van der Waals surface area contributed by atoms with E-state index in [1.165, 1.54) is 46.3 Å². The fourth-order valence-corrected chi connectivity index (χ4v) is 1.49. The second-order valence-electron chi connectivity index (χ2n) is 4.07. The minimum absolute atomic E-state index is 0.0219. The first-order valence-electron chi connectivity index (χ1n) is 6.47. The van der Waals surface area contributed by atoms with E-state index in [0.29, 0.717) is 17.0 Å². The molecule has 0 N–H and O–H groups in total. The van der Waals surface area contributed by atoms with Gasteiger partial charge in [-0.3, -0.25) is 0 Å². The van der Waals surface area contributed by atoms with Crippen LogP contribution in [0.25, 0.3) is 5.57 Å². The van der Waals surface area contributed by atoms with Crippen LogP contribution in [0.1, 0.15) is 18.2 Å². The lowest BCUT2D eigenvalue weighted by Gasteiger charge is -2.09. The molecule has 0 spiro atoms. The van der Waals surface area contributed by atoms with Crippen molar-refractivity contribution < 1.29 is 23.9 Å². The number of rotatable bonds is 8. The zero-order chi connectivity index (χ0) is 17.1. The van der Waals surface area contributed by atoms with Gasteiger partial charge in [0.2, 0.25) is 0 Å². The topological polar surface area (TPSA) is 104 Å². The number of carbonyl (C=O) groups excluding carboxylic acids is 1. The maximum absolute atomic E-state index is 11.8. The molecule has 0 aliphatic carbocycles. The number of methoxy groups -OCH3 is 2. The Labute approximate surface area is 133 Å². The van der Waals surface area contributed by atoms with Gasteiger partial charge in [0.05, 0.1) is 38.1 Å². The summed E-state index contributed by atoms with van der Waals surface area (Å²) in [7, 11) is 4.12. The normalized spacial score (nSPS) is 12.2. The van der Waals surface area contributed by atoms with Gasteiger partial charge in [-0.25, -0.2) is 14.8 Å². The van der Waals surface area contributed by atoms with E-state index in [0.717, 1.165) is 0 Å². The number of hydrogen-bond acceptors (Lipinski definition) is 9. The molecule has 0 unspecified atom stereocenters.